The third-order valence-corrected chi connectivity index (χ3v) is 3.70. The molecule has 3 aromatic rings. The lowest BCUT2D eigenvalue weighted by Crippen LogP contribution is -2.24. The molecule has 0 spiro atoms. The van der Waals surface area contributed by atoms with Crippen molar-refractivity contribution in [2.24, 2.45) is 0 Å². The number of nitrogens with one attached hydrogen (secondary N) is 2. The molecule has 0 bridgehead atoms. The average Bonchev–Trinajstić information content (AvgIpc) is 2.92. The average molecular weight is 309 g/mol. The number of benzene rings is 2. The first-order valence-electron chi connectivity index (χ1n) is 7.49. The van der Waals surface area contributed by atoms with Crippen LogP contribution in [0.1, 0.15) is 17.0 Å². The number of carbonyl (C=O) groups is 1. The quantitative estimate of drug-likeness (QED) is 0.761. The summed E-state index contributed by atoms with van der Waals surface area (Å²) in [5.74, 6) is 1.63. The summed E-state index contributed by atoms with van der Waals surface area (Å²) >= 11 is 0. The van der Waals surface area contributed by atoms with Gasteiger partial charge in [0.1, 0.15) is 11.6 Å². The van der Waals surface area contributed by atoms with E-state index in [1.165, 1.54) is 0 Å². The van der Waals surface area contributed by atoms with Gasteiger partial charge in [0.05, 0.1) is 24.6 Å². The largest absolute Gasteiger partial charge is 0.496 e. The standard InChI is InChI=1S/C18H19N3O2/c1-12-20-15-8-7-13(9-16(15)21-12)10-18(22)19-11-14-5-3-4-6-17(14)23-2/h3-9H,10-11H2,1-2H3,(H,19,22)(H,20,21). The van der Waals surface area contributed by atoms with Gasteiger partial charge in [0.25, 0.3) is 0 Å². The Labute approximate surface area is 134 Å². The molecular weight excluding hydrogens is 290 g/mol. The zero-order valence-corrected chi connectivity index (χ0v) is 13.2. The molecule has 0 saturated heterocycles. The molecule has 5 heteroatoms. The Morgan fingerprint density at radius 1 is 1.26 bits per heavy atom. The molecule has 5 nitrogen and oxygen atoms in total. The molecule has 3 rings (SSSR count). The zero-order chi connectivity index (χ0) is 16.2. The first kappa shape index (κ1) is 15.1. The lowest BCUT2D eigenvalue weighted by Gasteiger charge is -2.09. The number of hydrogen-bond donors (Lipinski definition) is 2. The number of H-pyrrole nitrogens is 1. The summed E-state index contributed by atoms with van der Waals surface area (Å²) in [6.45, 7) is 2.37. The maximum Gasteiger partial charge on any atom is 0.224 e. The number of imidazole rings is 1. The van der Waals surface area contributed by atoms with Crippen molar-refractivity contribution in [3.05, 3.63) is 59.4 Å². The molecule has 0 fully saturated rings. The number of nitrogens with zero attached hydrogens (tertiary/aromatic N) is 1. The van der Waals surface area contributed by atoms with Crippen molar-refractivity contribution in [3.8, 4) is 5.75 Å². The highest BCUT2D eigenvalue weighted by Gasteiger charge is 2.07. The van der Waals surface area contributed by atoms with Crippen LogP contribution in [0.5, 0.6) is 5.75 Å². The first-order chi connectivity index (χ1) is 11.2. The van der Waals surface area contributed by atoms with Crippen LogP contribution < -0.4 is 10.1 Å². The molecule has 23 heavy (non-hydrogen) atoms. The van der Waals surface area contributed by atoms with Gasteiger partial charge < -0.3 is 15.0 Å². The van der Waals surface area contributed by atoms with Gasteiger partial charge >= 0.3 is 0 Å². The fraction of sp³-hybridized carbons (Fsp3) is 0.222. The van der Waals surface area contributed by atoms with E-state index in [-0.39, 0.29) is 5.91 Å². The van der Waals surface area contributed by atoms with Gasteiger partial charge in [-0.3, -0.25) is 4.79 Å². The van der Waals surface area contributed by atoms with E-state index in [4.69, 9.17) is 4.74 Å². The number of methoxy groups -OCH3 is 1. The van der Waals surface area contributed by atoms with Crippen LogP contribution in [0, 0.1) is 6.92 Å². The maximum atomic E-state index is 12.1. The molecule has 0 aliphatic rings. The Morgan fingerprint density at radius 2 is 2.09 bits per heavy atom. The number of fused-ring (bicyclic) bond motifs is 1. The summed E-state index contributed by atoms with van der Waals surface area (Å²) in [6, 6.07) is 13.5. The smallest absolute Gasteiger partial charge is 0.224 e. The Kier molecular flexibility index (Phi) is 4.28. The summed E-state index contributed by atoms with van der Waals surface area (Å²) in [4.78, 5) is 19.7. The van der Waals surface area contributed by atoms with Crippen LogP contribution in [0.4, 0.5) is 0 Å². The summed E-state index contributed by atoms with van der Waals surface area (Å²) in [6.07, 6.45) is 0.336. The minimum Gasteiger partial charge on any atom is -0.496 e. The van der Waals surface area contributed by atoms with Crippen LogP contribution in [0.2, 0.25) is 0 Å². The normalized spacial score (nSPS) is 10.7. The van der Waals surface area contributed by atoms with Crippen LogP contribution in [0.3, 0.4) is 0 Å². The minimum atomic E-state index is -0.0218. The predicted octanol–water partition coefficient (Wildman–Crippen LogP) is 2.74. The number of rotatable bonds is 5. The number of aromatic amines is 1. The Balaban J connectivity index is 1.64. The monoisotopic (exact) mass is 309 g/mol. The Bertz CT molecular complexity index is 839. The molecule has 0 saturated carbocycles. The third kappa shape index (κ3) is 3.51. The second-order valence-electron chi connectivity index (χ2n) is 5.44. The molecule has 0 aliphatic carbocycles. The van der Waals surface area contributed by atoms with Crippen LogP contribution in [0.15, 0.2) is 42.5 Å². The van der Waals surface area contributed by atoms with Crippen LogP contribution >= 0.6 is 0 Å². The summed E-state index contributed by atoms with van der Waals surface area (Å²) in [5, 5.41) is 2.93. The van der Waals surface area contributed by atoms with Crippen molar-refractivity contribution in [3.63, 3.8) is 0 Å². The number of amides is 1. The number of para-hydroxylation sites is 1. The maximum absolute atomic E-state index is 12.1. The summed E-state index contributed by atoms with van der Waals surface area (Å²) in [5.41, 5.74) is 3.79. The number of aromatic nitrogens is 2. The second-order valence-corrected chi connectivity index (χ2v) is 5.44. The van der Waals surface area contributed by atoms with Gasteiger partial charge in [0.15, 0.2) is 0 Å². The van der Waals surface area contributed by atoms with Crippen LogP contribution in [-0.4, -0.2) is 23.0 Å². The van der Waals surface area contributed by atoms with Gasteiger partial charge in [0, 0.05) is 12.1 Å². The zero-order valence-electron chi connectivity index (χ0n) is 13.2. The number of hydrogen-bond acceptors (Lipinski definition) is 3. The topological polar surface area (TPSA) is 67.0 Å². The summed E-state index contributed by atoms with van der Waals surface area (Å²) in [7, 11) is 1.63. The number of carbonyl (C=O) groups excluding carboxylic acids is 1. The van der Waals surface area contributed by atoms with Crippen molar-refractivity contribution in [1.29, 1.82) is 0 Å². The number of ether oxygens (including phenoxy) is 1. The molecule has 2 N–H and O–H groups in total. The van der Waals surface area contributed by atoms with Crippen LogP contribution in [-0.2, 0) is 17.8 Å². The minimum absolute atomic E-state index is 0.0218. The Morgan fingerprint density at radius 3 is 2.91 bits per heavy atom. The van der Waals surface area contributed by atoms with E-state index in [0.29, 0.717) is 13.0 Å². The van der Waals surface area contributed by atoms with Crippen LogP contribution in [0.25, 0.3) is 11.0 Å². The van der Waals surface area contributed by atoms with Crippen molar-refractivity contribution >= 4 is 16.9 Å². The van der Waals surface area contributed by atoms with Gasteiger partial charge in [-0.2, -0.15) is 0 Å². The van der Waals surface area contributed by atoms with Crippen molar-refractivity contribution in [2.45, 2.75) is 19.9 Å². The molecule has 0 atom stereocenters. The first-order valence-corrected chi connectivity index (χ1v) is 7.49. The van der Waals surface area contributed by atoms with E-state index < -0.39 is 0 Å². The highest BCUT2D eigenvalue weighted by molar-refractivity contribution is 5.81. The van der Waals surface area contributed by atoms with Gasteiger partial charge in [0.2, 0.25) is 5.91 Å². The molecule has 1 aromatic heterocycles. The van der Waals surface area contributed by atoms with Gasteiger partial charge in [-0.05, 0) is 30.7 Å². The van der Waals surface area contributed by atoms with E-state index in [1.54, 1.807) is 7.11 Å². The molecule has 1 heterocycles. The molecule has 0 radical (unpaired) electrons. The van der Waals surface area contributed by atoms with Gasteiger partial charge in [-0.1, -0.05) is 24.3 Å². The fourth-order valence-electron chi connectivity index (χ4n) is 2.59. The molecule has 2 aromatic carbocycles. The second kappa shape index (κ2) is 6.52. The summed E-state index contributed by atoms with van der Waals surface area (Å²) < 4.78 is 5.28. The molecule has 1 amide bonds. The lowest BCUT2D eigenvalue weighted by molar-refractivity contribution is -0.120. The van der Waals surface area contributed by atoms with Crippen molar-refractivity contribution in [2.75, 3.05) is 7.11 Å². The Hall–Kier alpha value is -2.82. The van der Waals surface area contributed by atoms with E-state index in [9.17, 15) is 4.79 Å². The van der Waals surface area contributed by atoms with E-state index in [2.05, 4.69) is 15.3 Å². The van der Waals surface area contributed by atoms with Crippen molar-refractivity contribution in [1.82, 2.24) is 15.3 Å². The highest BCUT2D eigenvalue weighted by Crippen LogP contribution is 2.17. The third-order valence-electron chi connectivity index (χ3n) is 3.70. The van der Waals surface area contributed by atoms with Gasteiger partial charge in [-0.25, -0.2) is 4.98 Å². The number of aryl methyl sites for hydroxylation is 1. The fourth-order valence-corrected chi connectivity index (χ4v) is 2.59. The van der Waals surface area contributed by atoms with Crippen molar-refractivity contribution < 1.29 is 9.53 Å². The van der Waals surface area contributed by atoms with E-state index in [0.717, 1.165) is 33.7 Å². The molecule has 0 unspecified atom stereocenters. The molecular formula is C18H19N3O2. The van der Waals surface area contributed by atoms with E-state index >= 15 is 0 Å². The molecule has 0 aliphatic heterocycles. The lowest BCUT2D eigenvalue weighted by atomic mass is 10.1. The van der Waals surface area contributed by atoms with Gasteiger partial charge in [-0.15, -0.1) is 0 Å². The SMILES string of the molecule is COc1ccccc1CNC(=O)Cc1ccc2nc(C)[nH]c2c1. The van der Waals surface area contributed by atoms with E-state index in [1.807, 2.05) is 49.4 Å². The molecule has 118 valence electrons. The predicted molar refractivity (Wildman–Crippen MR) is 89.4 cm³/mol. The highest BCUT2D eigenvalue weighted by atomic mass is 16.5.